The van der Waals surface area contributed by atoms with Gasteiger partial charge in [0.2, 0.25) is 5.91 Å². The number of carbonyl (C=O) groups is 1. The highest BCUT2D eigenvalue weighted by Gasteiger charge is 2.37. The lowest BCUT2D eigenvalue weighted by Crippen LogP contribution is -2.62. The van der Waals surface area contributed by atoms with Crippen LogP contribution >= 0.6 is 0 Å². The van der Waals surface area contributed by atoms with Gasteiger partial charge in [0.15, 0.2) is 0 Å². The molecule has 0 aromatic carbocycles. The number of amides is 1. The number of hydrogen-bond acceptors (Lipinski definition) is 3. The van der Waals surface area contributed by atoms with Crippen LogP contribution in [0.2, 0.25) is 0 Å². The van der Waals surface area contributed by atoms with E-state index in [1.807, 2.05) is 0 Å². The first-order chi connectivity index (χ1) is 9.10. The molecule has 0 aromatic rings. The quantitative estimate of drug-likeness (QED) is 0.655. The topological polar surface area (TPSA) is 53.2 Å². The Hall–Kier alpha value is -0.610. The molecule has 0 unspecified atom stereocenters. The summed E-state index contributed by atoms with van der Waals surface area (Å²) < 4.78 is 0. The van der Waals surface area contributed by atoms with Gasteiger partial charge in [0.05, 0.1) is 0 Å². The molecule has 0 aliphatic carbocycles. The van der Waals surface area contributed by atoms with Crippen molar-refractivity contribution in [1.29, 1.82) is 0 Å². The average molecular weight is 283 g/mol. The molecule has 1 aliphatic heterocycles. The van der Waals surface area contributed by atoms with Crippen molar-refractivity contribution in [3.05, 3.63) is 0 Å². The minimum atomic E-state index is 0.0822. The minimum Gasteiger partial charge on any atom is -0.353 e. The standard InChI is InChI=1S/C16H33N3O/c1-12(2)17-9-7-8-14(20)18-13-10-15(3,4)19-16(5,6)11-13/h12-13,17,19H,7-11H2,1-6H3,(H,18,20). The van der Waals surface area contributed by atoms with Crippen molar-refractivity contribution in [2.24, 2.45) is 0 Å². The van der Waals surface area contributed by atoms with Crippen LogP contribution in [0.15, 0.2) is 0 Å². The fourth-order valence-corrected chi connectivity index (χ4v) is 3.36. The summed E-state index contributed by atoms with van der Waals surface area (Å²) in [5.41, 5.74) is 0.164. The van der Waals surface area contributed by atoms with Crippen molar-refractivity contribution < 1.29 is 4.79 Å². The molecule has 0 saturated carbocycles. The maximum Gasteiger partial charge on any atom is 0.220 e. The van der Waals surface area contributed by atoms with Crippen molar-refractivity contribution in [2.45, 2.75) is 90.4 Å². The maximum atomic E-state index is 12.0. The lowest BCUT2D eigenvalue weighted by Gasteiger charge is -2.46. The molecule has 0 spiro atoms. The van der Waals surface area contributed by atoms with Crippen LogP contribution in [-0.2, 0) is 4.79 Å². The molecule has 20 heavy (non-hydrogen) atoms. The van der Waals surface area contributed by atoms with Crippen molar-refractivity contribution in [1.82, 2.24) is 16.0 Å². The van der Waals surface area contributed by atoms with E-state index in [1.54, 1.807) is 0 Å². The Bertz CT molecular complexity index is 308. The van der Waals surface area contributed by atoms with E-state index in [0.29, 0.717) is 12.5 Å². The Morgan fingerprint density at radius 2 is 1.75 bits per heavy atom. The molecule has 4 nitrogen and oxygen atoms in total. The lowest BCUT2D eigenvalue weighted by atomic mass is 9.79. The second kappa shape index (κ2) is 6.90. The summed E-state index contributed by atoms with van der Waals surface area (Å²) in [5.74, 6) is 0.189. The van der Waals surface area contributed by atoms with Gasteiger partial charge in [0, 0.05) is 29.6 Å². The molecule has 1 saturated heterocycles. The summed E-state index contributed by atoms with van der Waals surface area (Å²) in [6.07, 6.45) is 3.51. The van der Waals surface area contributed by atoms with E-state index in [2.05, 4.69) is 57.5 Å². The first-order valence-electron chi connectivity index (χ1n) is 7.92. The van der Waals surface area contributed by atoms with Crippen LogP contribution in [0.25, 0.3) is 0 Å². The van der Waals surface area contributed by atoms with Crippen LogP contribution in [0.1, 0.15) is 67.2 Å². The monoisotopic (exact) mass is 283 g/mol. The summed E-state index contributed by atoms with van der Waals surface area (Å²) in [7, 11) is 0. The molecule has 1 heterocycles. The number of rotatable bonds is 6. The number of hydrogen-bond donors (Lipinski definition) is 3. The summed E-state index contributed by atoms with van der Waals surface area (Å²) >= 11 is 0. The largest absolute Gasteiger partial charge is 0.353 e. The molecule has 118 valence electrons. The predicted molar refractivity (Wildman–Crippen MR) is 84.8 cm³/mol. The van der Waals surface area contributed by atoms with Crippen molar-refractivity contribution in [3.8, 4) is 0 Å². The molecule has 1 rings (SSSR count). The molecule has 0 radical (unpaired) electrons. The zero-order valence-electron chi connectivity index (χ0n) is 14.1. The van der Waals surface area contributed by atoms with Crippen molar-refractivity contribution in [2.75, 3.05) is 6.54 Å². The highest BCUT2D eigenvalue weighted by atomic mass is 16.1. The normalized spacial score (nSPS) is 21.9. The van der Waals surface area contributed by atoms with E-state index in [9.17, 15) is 4.79 Å². The van der Waals surface area contributed by atoms with Gasteiger partial charge in [-0.15, -0.1) is 0 Å². The zero-order chi connectivity index (χ0) is 15.4. The Labute approximate surface area is 124 Å². The molecular weight excluding hydrogens is 250 g/mol. The second-order valence-corrected chi connectivity index (χ2v) is 7.78. The third kappa shape index (κ3) is 6.71. The molecule has 0 atom stereocenters. The van der Waals surface area contributed by atoms with Crippen LogP contribution < -0.4 is 16.0 Å². The molecule has 4 heteroatoms. The predicted octanol–water partition coefficient (Wildman–Crippen LogP) is 2.19. The van der Waals surface area contributed by atoms with Gasteiger partial charge in [0.25, 0.3) is 0 Å². The van der Waals surface area contributed by atoms with Crippen molar-refractivity contribution >= 4 is 5.91 Å². The van der Waals surface area contributed by atoms with E-state index < -0.39 is 0 Å². The second-order valence-electron chi connectivity index (χ2n) is 7.78. The van der Waals surface area contributed by atoms with Crippen LogP contribution in [0.5, 0.6) is 0 Å². The SMILES string of the molecule is CC(C)NCCCC(=O)NC1CC(C)(C)NC(C)(C)C1. The molecule has 1 aliphatic rings. The Kier molecular flexibility index (Phi) is 6.02. The van der Waals surface area contributed by atoms with Gasteiger partial charge >= 0.3 is 0 Å². The molecular formula is C16H33N3O. The minimum absolute atomic E-state index is 0.0822. The molecule has 0 aromatic heterocycles. The van der Waals surface area contributed by atoms with E-state index in [4.69, 9.17) is 0 Å². The van der Waals surface area contributed by atoms with Crippen LogP contribution in [0, 0.1) is 0 Å². The first-order valence-corrected chi connectivity index (χ1v) is 7.92. The lowest BCUT2D eigenvalue weighted by molar-refractivity contribution is -0.122. The van der Waals surface area contributed by atoms with Crippen LogP contribution in [-0.4, -0.2) is 35.6 Å². The zero-order valence-corrected chi connectivity index (χ0v) is 14.1. The number of piperidine rings is 1. The molecule has 3 N–H and O–H groups in total. The summed E-state index contributed by atoms with van der Waals surface area (Å²) in [5, 5.41) is 10.2. The smallest absolute Gasteiger partial charge is 0.220 e. The number of carbonyl (C=O) groups excluding carboxylic acids is 1. The fourth-order valence-electron chi connectivity index (χ4n) is 3.36. The van der Waals surface area contributed by atoms with Crippen LogP contribution in [0.3, 0.4) is 0 Å². The number of nitrogens with one attached hydrogen (secondary N) is 3. The summed E-state index contributed by atoms with van der Waals surface area (Å²) in [4.78, 5) is 12.0. The van der Waals surface area contributed by atoms with E-state index in [1.165, 1.54) is 0 Å². The van der Waals surface area contributed by atoms with Gasteiger partial charge in [-0.2, -0.15) is 0 Å². The van der Waals surface area contributed by atoms with Gasteiger partial charge in [-0.05, 0) is 53.5 Å². The fraction of sp³-hybridized carbons (Fsp3) is 0.938. The average Bonchev–Trinajstić information content (AvgIpc) is 2.19. The third-order valence-corrected chi connectivity index (χ3v) is 3.69. The van der Waals surface area contributed by atoms with E-state index >= 15 is 0 Å². The Morgan fingerprint density at radius 3 is 2.25 bits per heavy atom. The highest BCUT2D eigenvalue weighted by molar-refractivity contribution is 5.76. The van der Waals surface area contributed by atoms with Gasteiger partial charge in [-0.1, -0.05) is 13.8 Å². The molecule has 0 bridgehead atoms. The molecule has 1 amide bonds. The molecule has 1 fully saturated rings. The van der Waals surface area contributed by atoms with Gasteiger partial charge in [0.1, 0.15) is 0 Å². The van der Waals surface area contributed by atoms with Crippen molar-refractivity contribution in [3.63, 3.8) is 0 Å². The summed E-state index contributed by atoms with van der Waals surface area (Å²) in [6, 6.07) is 0.774. The first kappa shape index (κ1) is 17.4. The van der Waals surface area contributed by atoms with Gasteiger partial charge < -0.3 is 16.0 Å². The maximum absolute atomic E-state index is 12.0. The van der Waals surface area contributed by atoms with Crippen LogP contribution in [0.4, 0.5) is 0 Å². The Morgan fingerprint density at radius 1 is 1.20 bits per heavy atom. The van der Waals surface area contributed by atoms with E-state index in [0.717, 1.165) is 25.8 Å². The highest BCUT2D eigenvalue weighted by Crippen LogP contribution is 2.28. The van der Waals surface area contributed by atoms with Gasteiger partial charge in [-0.25, -0.2) is 0 Å². The third-order valence-electron chi connectivity index (χ3n) is 3.69. The Balaban J connectivity index is 2.34. The van der Waals surface area contributed by atoms with Gasteiger partial charge in [-0.3, -0.25) is 4.79 Å². The summed E-state index contributed by atoms with van der Waals surface area (Å²) in [6.45, 7) is 14.0. The van der Waals surface area contributed by atoms with E-state index in [-0.39, 0.29) is 23.0 Å².